The van der Waals surface area contributed by atoms with Crippen molar-refractivity contribution in [2.75, 3.05) is 5.75 Å². The van der Waals surface area contributed by atoms with Gasteiger partial charge >= 0.3 is 0 Å². The zero-order valence-electron chi connectivity index (χ0n) is 24.6. The summed E-state index contributed by atoms with van der Waals surface area (Å²) in [4.78, 5) is 12.6. The van der Waals surface area contributed by atoms with Gasteiger partial charge in [0.25, 0.3) is 10.9 Å². The zero-order valence-corrected chi connectivity index (χ0v) is 25.4. The molecular weight excluding hydrogens is 584 g/mol. The quantitative estimate of drug-likeness (QED) is 0.102. The second-order valence-corrected chi connectivity index (χ2v) is 11.9. The molecule has 45 heavy (non-hydrogen) atoms. The van der Waals surface area contributed by atoms with E-state index in [4.69, 9.17) is 9.47 Å². The van der Waals surface area contributed by atoms with Crippen molar-refractivity contribution in [1.82, 2.24) is 5.32 Å². The van der Waals surface area contributed by atoms with Crippen LogP contribution in [0.15, 0.2) is 133 Å². The number of aliphatic hydroxyl groups is 1. The van der Waals surface area contributed by atoms with Gasteiger partial charge in [-0.05, 0) is 58.1 Å². The Labute approximate surface area is 267 Å². The van der Waals surface area contributed by atoms with E-state index in [0.29, 0.717) is 29.3 Å². The van der Waals surface area contributed by atoms with Gasteiger partial charge in [0.1, 0.15) is 0 Å². The number of benzene rings is 4. The highest BCUT2D eigenvalue weighted by atomic mass is 32.2. The largest absolute Gasteiger partial charge is 0.618 e. The minimum absolute atomic E-state index is 0.0174. The Bertz CT molecular complexity index is 1730. The van der Waals surface area contributed by atoms with Crippen molar-refractivity contribution in [3.8, 4) is 11.1 Å². The number of amides is 1. The fourth-order valence-electron chi connectivity index (χ4n) is 5.33. The Morgan fingerprint density at radius 2 is 1.58 bits per heavy atom. The third kappa shape index (κ3) is 7.79. The molecule has 1 aromatic heterocycles. The van der Waals surface area contributed by atoms with Gasteiger partial charge in [0.2, 0.25) is 0 Å². The molecule has 3 atom stereocenters. The number of thioether (sulfide) groups is 1. The molecule has 0 bridgehead atoms. The van der Waals surface area contributed by atoms with Crippen molar-refractivity contribution in [3.63, 3.8) is 0 Å². The van der Waals surface area contributed by atoms with Gasteiger partial charge in [-0.15, -0.1) is 0 Å². The Morgan fingerprint density at radius 1 is 0.822 bits per heavy atom. The van der Waals surface area contributed by atoms with Crippen LogP contribution < -0.4 is 10.0 Å². The molecule has 2 heterocycles. The monoisotopic (exact) mass is 618 g/mol. The molecule has 1 saturated heterocycles. The smallest absolute Gasteiger partial charge is 0.251 e. The molecule has 1 fully saturated rings. The van der Waals surface area contributed by atoms with Crippen molar-refractivity contribution in [3.05, 3.63) is 161 Å². The van der Waals surface area contributed by atoms with E-state index in [-0.39, 0.29) is 24.7 Å². The maximum Gasteiger partial charge on any atom is 0.251 e. The first-order valence-corrected chi connectivity index (χ1v) is 15.9. The van der Waals surface area contributed by atoms with E-state index in [9.17, 15) is 15.1 Å². The number of carbonyl (C=O) groups excluding carboxylic acids is 1. The highest BCUT2D eigenvalue weighted by Crippen LogP contribution is 2.40. The Morgan fingerprint density at radius 3 is 2.36 bits per heavy atom. The molecule has 2 N–H and O–H groups in total. The summed E-state index contributed by atoms with van der Waals surface area (Å²) in [7, 11) is 0. The van der Waals surface area contributed by atoms with Gasteiger partial charge in [0.05, 0.1) is 18.8 Å². The van der Waals surface area contributed by atoms with E-state index in [0.717, 1.165) is 38.1 Å². The van der Waals surface area contributed by atoms with Crippen molar-refractivity contribution in [1.29, 1.82) is 0 Å². The summed E-state index contributed by atoms with van der Waals surface area (Å²) in [5, 5.41) is 25.4. The number of nitrogens with one attached hydrogen (secondary N) is 1. The number of pyridine rings is 1. The number of rotatable bonds is 10. The molecule has 1 aliphatic heterocycles. The molecule has 1 amide bonds. The molecule has 8 heteroatoms. The first-order chi connectivity index (χ1) is 22.1. The molecule has 0 radical (unpaired) electrons. The summed E-state index contributed by atoms with van der Waals surface area (Å²) >= 11 is 1.47. The average molecular weight is 619 g/mol. The van der Waals surface area contributed by atoms with E-state index >= 15 is 0 Å². The first-order valence-electron chi connectivity index (χ1n) is 14.9. The maximum atomic E-state index is 12.6. The predicted molar refractivity (Wildman–Crippen MR) is 174 cm³/mol. The summed E-state index contributed by atoms with van der Waals surface area (Å²) in [5.41, 5.74) is 6.39. The summed E-state index contributed by atoms with van der Waals surface area (Å²) in [6, 6.07) is 38.6. The average Bonchev–Trinajstić information content (AvgIpc) is 3.10. The van der Waals surface area contributed by atoms with Gasteiger partial charge in [-0.3, -0.25) is 4.79 Å². The second-order valence-electron chi connectivity index (χ2n) is 10.9. The number of hydrogen-bond acceptors (Lipinski definition) is 6. The zero-order chi connectivity index (χ0) is 31.0. The van der Waals surface area contributed by atoms with Crippen LogP contribution in [0.4, 0.5) is 0 Å². The maximum absolute atomic E-state index is 12.6. The van der Waals surface area contributed by atoms with Crippen LogP contribution in [0.2, 0.25) is 0 Å². The van der Waals surface area contributed by atoms with Crippen molar-refractivity contribution < 1.29 is 24.1 Å². The standard InChI is InChI=1S/C37H34N2O5S/c40-24-26-15-17-28(18-16-26)34-22-33(25-45-35-14-4-5-19-39(35)42)43-37(44-34)32-13-7-12-31(21-32)30-11-6-8-27(20-30)23-38-36(41)29-9-2-1-3-10-29/h1-21,33-34,37,40H,22-25H2,(H,38,41). The first kappa shape index (κ1) is 30.6. The second kappa shape index (κ2) is 14.5. The fraction of sp³-hybridized carbons (Fsp3) is 0.189. The van der Waals surface area contributed by atoms with Gasteiger partial charge < -0.3 is 25.1 Å². The highest BCUT2D eigenvalue weighted by Gasteiger charge is 2.33. The molecular formula is C37H34N2O5S. The van der Waals surface area contributed by atoms with E-state index in [2.05, 4.69) is 23.5 Å². The molecule has 0 spiro atoms. The molecule has 5 aromatic rings. The highest BCUT2D eigenvalue weighted by molar-refractivity contribution is 7.99. The molecule has 7 nitrogen and oxygen atoms in total. The van der Waals surface area contributed by atoms with Crippen LogP contribution in [0.25, 0.3) is 11.1 Å². The van der Waals surface area contributed by atoms with Crippen molar-refractivity contribution in [2.45, 2.75) is 43.1 Å². The lowest BCUT2D eigenvalue weighted by Crippen LogP contribution is -2.32. The summed E-state index contributed by atoms with van der Waals surface area (Å²) < 4.78 is 13.9. The van der Waals surface area contributed by atoms with E-state index < -0.39 is 6.29 Å². The van der Waals surface area contributed by atoms with Crippen LogP contribution in [0.5, 0.6) is 0 Å². The lowest BCUT2D eigenvalue weighted by Gasteiger charge is -2.36. The van der Waals surface area contributed by atoms with Crippen LogP contribution in [-0.2, 0) is 22.6 Å². The third-order valence-electron chi connectivity index (χ3n) is 7.73. The van der Waals surface area contributed by atoms with Gasteiger partial charge in [0, 0.05) is 42.0 Å². The Hall–Kier alpha value is -4.47. The van der Waals surface area contributed by atoms with Gasteiger partial charge in [-0.25, -0.2) is 0 Å². The molecule has 0 aliphatic carbocycles. The number of nitrogens with zero attached hydrogens (tertiary/aromatic N) is 1. The summed E-state index contributed by atoms with van der Waals surface area (Å²) in [5.74, 6) is 0.480. The SMILES string of the molecule is O=C(NCc1cccc(-c2cccc(C3OC(CSc4cccc[n+]4[O-])CC(c4ccc(CO)cc4)O3)c2)c1)c1ccccc1. The van der Waals surface area contributed by atoms with Gasteiger partial charge in [-0.2, -0.15) is 4.73 Å². The van der Waals surface area contributed by atoms with Crippen LogP contribution in [0, 0.1) is 5.21 Å². The number of aliphatic hydroxyl groups excluding tert-OH is 1. The molecule has 6 rings (SSSR count). The minimum atomic E-state index is -0.615. The molecule has 3 unspecified atom stereocenters. The number of ether oxygens (including phenoxy) is 2. The summed E-state index contributed by atoms with van der Waals surface area (Å²) in [6.45, 7) is 0.396. The summed E-state index contributed by atoms with van der Waals surface area (Å²) in [6.07, 6.45) is 1.12. The van der Waals surface area contributed by atoms with E-state index in [1.165, 1.54) is 18.0 Å². The van der Waals surface area contributed by atoms with Crippen molar-refractivity contribution in [2.24, 2.45) is 0 Å². The number of hydrogen-bond donors (Lipinski definition) is 2. The van der Waals surface area contributed by atoms with Gasteiger partial charge in [-0.1, -0.05) is 90.6 Å². The minimum Gasteiger partial charge on any atom is -0.618 e. The third-order valence-corrected chi connectivity index (χ3v) is 8.88. The Kier molecular flexibility index (Phi) is 9.87. The van der Waals surface area contributed by atoms with Gasteiger partial charge in [0.15, 0.2) is 12.5 Å². The number of aromatic nitrogens is 1. The van der Waals surface area contributed by atoms with Crippen molar-refractivity contribution >= 4 is 17.7 Å². The normalized spacial score (nSPS) is 17.9. The number of carbonyl (C=O) groups is 1. The molecule has 4 aromatic carbocycles. The lowest BCUT2D eigenvalue weighted by atomic mass is 9.99. The van der Waals surface area contributed by atoms with E-state index in [1.54, 1.807) is 18.2 Å². The van der Waals surface area contributed by atoms with Crippen LogP contribution in [0.3, 0.4) is 0 Å². The Balaban J connectivity index is 1.20. The fourth-order valence-corrected chi connectivity index (χ4v) is 6.26. The van der Waals surface area contributed by atoms with Crippen LogP contribution in [-0.4, -0.2) is 22.9 Å². The van der Waals surface area contributed by atoms with Crippen LogP contribution >= 0.6 is 11.8 Å². The molecule has 0 saturated carbocycles. The van der Waals surface area contributed by atoms with Crippen LogP contribution in [0.1, 0.15) is 51.4 Å². The molecule has 1 aliphatic rings. The molecule has 228 valence electrons. The van der Waals surface area contributed by atoms with E-state index in [1.807, 2.05) is 84.9 Å². The topological polar surface area (TPSA) is 94.7 Å². The lowest BCUT2D eigenvalue weighted by molar-refractivity contribution is -0.645. The predicted octanol–water partition coefficient (Wildman–Crippen LogP) is 6.75.